The van der Waals surface area contributed by atoms with Crippen molar-refractivity contribution in [3.8, 4) is 0 Å². The summed E-state index contributed by atoms with van der Waals surface area (Å²) in [6, 6.07) is 10.0. The molecule has 0 saturated carbocycles. The van der Waals surface area contributed by atoms with Crippen molar-refractivity contribution < 1.29 is 28.8 Å². The van der Waals surface area contributed by atoms with Crippen molar-refractivity contribution in [1.29, 1.82) is 0 Å². The van der Waals surface area contributed by atoms with Gasteiger partial charge in [-0.25, -0.2) is 12.1 Å². The van der Waals surface area contributed by atoms with Crippen LogP contribution in [0.5, 0.6) is 0 Å². The van der Waals surface area contributed by atoms with Crippen LogP contribution in [0.2, 0.25) is 0 Å². The average Bonchev–Trinajstić information content (AvgIpc) is 2.51. The molecule has 0 N–H and O–H groups in total. The summed E-state index contributed by atoms with van der Waals surface area (Å²) in [5.41, 5.74) is 0. The summed E-state index contributed by atoms with van der Waals surface area (Å²) in [6.07, 6.45) is 0. The fraction of sp³-hybridized carbons (Fsp3) is 0. The molecule has 0 aromatic heterocycles. The third kappa shape index (κ3) is 15.7. The van der Waals surface area contributed by atoms with Gasteiger partial charge < -0.3 is 0 Å². The molecule has 0 atom stereocenters. The quantitative estimate of drug-likeness (QED) is 0.362. The van der Waals surface area contributed by atoms with Crippen LogP contribution in [0.4, 0.5) is 0 Å². The first-order chi connectivity index (χ1) is 4.50. The Kier molecular flexibility index (Phi) is 38.4. The van der Waals surface area contributed by atoms with Crippen LogP contribution in [0.3, 0.4) is 0 Å². The zero-order valence-electron chi connectivity index (χ0n) is 5.04. The van der Waals surface area contributed by atoms with Crippen LogP contribution in [0.1, 0.15) is 0 Å². The van der Waals surface area contributed by atoms with Crippen LogP contribution in [0.15, 0.2) is 30.3 Å². The van der Waals surface area contributed by atoms with E-state index in [1.165, 1.54) is 0 Å². The van der Waals surface area contributed by atoms with E-state index in [2.05, 4.69) is 13.3 Å². The maximum Gasteiger partial charge on any atom is 0 e. The van der Waals surface area contributed by atoms with Crippen molar-refractivity contribution in [1.82, 2.24) is 0 Å². The summed E-state index contributed by atoms with van der Waals surface area (Å²) in [6.45, 7) is 9.00. The van der Waals surface area contributed by atoms with Crippen LogP contribution < -0.4 is 0 Å². The molecule has 0 aliphatic rings. The van der Waals surface area contributed by atoms with Crippen molar-refractivity contribution in [2.45, 2.75) is 0 Å². The molecular weight excluding hydrogens is 219 g/mol. The van der Waals surface area contributed by atoms with Gasteiger partial charge in [0.2, 0.25) is 0 Å². The van der Waals surface area contributed by atoms with E-state index in [4.69, 9.17) is 9.30 Å². The van der Waals surface area contributed by atoms with Crippen molar-refractivity contribution in [2.24, 2.45) is 0 Å². The second-order valence-electron chi connectivity index (χ2n) is 0.962. The molecule has 10 heavy (non-hydrogen) atoms. The predicted molar refractivity (Wildman–Crippen MR) is 29.9 cm³/mol. The van der Waals surface area contributed by atoms with Gasteiger partial charge in [-0.15, -0.1) is 0 Å². The van der Waals surface area contributed by atoms with Gasteiger partial charge >= 0.3 is 22.6 Å². The third-order valence-corrected chi connectivity index (χ3v) is 0.556. The first-order valence-corrected chi connectivity index (χ1v) is 2.07. The molecule has 2 nitrogen and oxygen atoms in total. The Bertz CT molecular complexity index is 118. The van der Waals surface area contributed by atoms with Crippen LogP contribution in [0.25, 0.3) is 0 Å². The SMILES string of the molecule is [C-]#[O+].[C-]#[O+].[Rh].c1cc[cH-]c1. The molecule has 1 aromatic carbocycles. The Morgan fingerprint density at radius 3 is 1.30 bits per heavy atom. The topological polar surface area (TPSA) is 39.8 Å². The van der Waals surface area contributed by atoms with E-state index in [0.29, 0.717) is 0 Å². The van der Waals surface area contributed by atoms with Gasteiger partial charge in [-0.1, -0.05) is 0 Å². The summed E-state index contributed by atoms with van der Waals surface area (Å²) in [4.78, 5) is 0. The average molecular weight is 224 g/mol. The van der Waals surface area contributed by atoms with Crippen LogP contribution in [0, 0.1) is 13.3 Å². The molecule has 0 bridgehead atoms. The van der Waals surface area contributed by atoms with Crippen LogP contribution in [-0.2, 0) is 28.8 Å². The summed E-state index contributed by atoms with van der Waals surface area (Å²) < 4.78 is 15.0. The van der Waals surface area contributed by atoms with E-state index in [9.17, 15) is 0 Å². The van der Waals surface area contributed by atoms with Crippen LogP contribution >= 0.6 is 0 Å². The Morgan fingerprint density at radius 1 is 0.900 bits per heavy atom. The summed E-state index contributed by atoms with van der Waals surface area (Å²) in [7, 11) is 0. The molecule has 0 aliphatic heterocycles. The Morgan fingerprint density at radius 2 is 1.20 bits per heavy atom. The molecule has 0 amide bonds. The molecule has 1 radical (unpaired) electrons. The molecule has 55 valence electrons. The van der Waals surface area contributed by atoms with E-state index in [1.807, 2.05) is 30.3 Å². The second kappa shape index (κ2) is 23.7. The maximum absolute atomic E-state index is 7.50. The van der Waals surface area contributed by atoms with Gasteiger partial charge in [-0.3, -0.25) is 0 Å². The number of hydrogen-bond acceptors (Lipinski definition) is 0. The monoisotopic (exact) mass is 224 g/mol. The van der Waals surface area contributed by atoms with Gasteiger partial charge in [0.25, 0.3) is 0 Å². The van der Waals surface area contributed by atoms with Crippen molar-refractivity contribution >= 4 is 0 Å². The molecule has 0 fully saturated rings. The smallest absolute Gasteiger partial charge is 0 e. The van der Waals surface area contributed by atoms with Crippen molar-refractivity contribution in [3.05, 3.63) is 43.6 Å². The van der Waals surface area contributed by atoms with Gasteiger partial charge in [0.15, 0.2) is 0 Å². The first kappa shape index (κ1) is 16.2. The van der Waals surface area contributed by atoms with Gasteiger partial charge in [0, 0.05) is 19.5 Å². The summed E-state index contributed by atoms with van der Waals surface area (Å²) in [5.74, 6) is 0. The van der Waals surface area contributed by atoms with E-state index in [-0.39, 0.29) is 19.5 Å². The second-order valence-corrected chi connectivity index (χ2v) is 0.962. The van der Waals surface area contributed by atoms with Gasteiger partial charge in [-0.2, -0.15) is 18.2 Å². The minimum absolute atomic E-state index is 0. The molecule has 0 spiro atoms. The normalized spacial score (nSPS) is 4.40. The third-order valence-electron chi connectivity index (χ3n) is 0.556. The number of hydrogen-bond donors (Lipinski definition) is 0. The van der Waals surface area contributed by atoms with Gasteiger partial charge in [0.1, 0.15) is 0 Å². The molecule has 0 heterocycles. The zero-order chi connectivity index (χ0) is 7.54. The summed E-state index contributed by atoms with van der Waals surface area (Å²) in [5, 5.41) is 0. The van der Waals surface area contributed by atoms with Crippen molar-refractivity contribution in [2.75, 3.05) is 0 Å². The molecule has 0 saturated heterocycles. The molecule has 0 unspecified atom stereocenters. The fourth-order valence-electron chi connectivity index (χ4n) is 0.321. The van der Waals surface area contributed by atoms with Gasteiger partial charge in [0.05, 0.1) is 0 Å². The largest absolute Gasteiger partial charge is 0.214 e. The summed E-state index contributed by atoms with van der Waals surface area (Å²) >= 11 is 0. The first-order valence-electron chi connectivity index (χ1n) is 2.07. The van der Waals surface area contributed by atoms with E-state index < -0.39 is 0 Å². The van der Waals surface area contributed by atoms with E-state index in [0.717, 1.165) is 0 Å². The van der Waals surface area contributed by atoms with E-state index >= 15 is 0 Å². The number of rotatable bonds is 0. The molecular formula is C7H5O2Rh-. The minimum atomic E-state index is 0. The van der Waals surface area contributed by atoms with E-state index in [1.54, 1.807) is 0 Å². The Balaban J connectivity index is -0.0000000875. The molecule has 1 rings (SSSR count). The zero-order valence-corrected chi connectivity index (χ0v) is 6.68. The fourth-order valence-corrected chi connectivity index (χ4v) is 0.321. The standard InChI is InChI=1S/C5H5.2CO.Rh/c1-2-4-5-3-1;2*1-2;/h1-5H;;;/q-1;;;. The maximum atomic E-state index is 7.50. The predicted octanol–water partition coefficient (Wildman–Crippen LogP) is 1.33. The molecule has 3 heteroatoms. The van der Waals surface area contributed by atoms with Crippen LogP contribution in [-0.4, -0.2) is 0 Å². The Hall–Kier alpha value is -0.547. The molecule has 1 aromatic rings. The Labute approximate surface area is 72.8 Å². The molecule has 0 aliphatic carbocycles. The van der Waals surface area contributed by atoms with Crippen molar-refractivity contribution in [3.63, 3.8) is 0 Å². The van der Waals surface area contributed by atoms with Gasteiger partial charge in [-0.05, 0) is 0 Å². The minimum Gasteiger partial charge on any atom is -0.214 e.